The Bertz CT molecular complexity index is 3280. The molecule has 0 N–H and O–H groups in total. The standard InChI is InChI=1S/C70H90BN3/c1-41-33-49-50(67(13,14)32-31-66(49,11)12)40-55(41)72-56-37-43(64(5,6)7)25-27-52(56)71-53-36-44(65(8,9)10)34-47-59-62(46-23-19-20-24-48(46)68(59,15)16)73(61(47)53)58-39-45(38-57(72)60(58)71)74-54-28-26-42(63(2,3)4)35-51(54)69(17)29-21-22-30-70(69,74)18/h23-24,26-28,33-39,43,50-51,54H,19-22,25,29-32,40H2,1-18H3. The molecule has 0 amide bonds. The first-order chi connectivity index (χ1) is 34.5. The van der Waals surface area contributed by atoms with Gasteiger partial charge in [-0.2, -0.15) is 0 Å². The Hall–Kier alpha value is -4.44. The van der Waals surface area contributed by atoms with Crippen LogP contribution in [0.5, 0.6) is 0 Å². The normalized spacial score (nSPS) is 31.0. The van der Waals surface area contributed by atoms with Crippen LogP contribution in [0.3, 0.4) is 0 Å². The molecule has 6 atom stereocenters. The monoisotopic (exact) mass is 984 g/mol. The Labute approximate surface area is 448 Å². The van der Waals surface area contributed by atoms with Gasteiger partial charge in [0.05, 0.1) is 11.7 Å². The van der Waals surface area contributed by atoms with Crippen LogP contribution in [0.15, 0.2) is 112 Å². The van der Waals surface area contributed by atoms with E-state index in [9.17, 15) is 0 Å². The van der Waals surface area contributed by atoms with E-state index in [2.05, 4.69) is 212 Å². The van der Waals surface area contributed by atoms with Gasteiger partial charge in [0.25, 0.3) is 6.71 Å². The Balaban J connectivity index is 1.18. The second-order valence-electron chi connectivity index (χ2n) is 31.2. The lowest BCUT2D eigenvalue weighted by molar-refractivity contribution is 0.0976. The van der Waals surface area contributed by atoms with Gasteiger partial charge in [-0.1, -0.05) is 184 Å². The number of allylic oxidation sites excluding steroid dienone is 13. The van der Waals surface area contributed by atoms with E-state index in [0.717, 1.165) is 25.7 Å². The van der Waals surface area contributed by atoms with E-state index in [1.165, 1.54) is 128 Å². The van der Waals surface area contributed by atoms with Crippen molar-refractivity contribution >= 4 is 45.5 Å². The van der Waals surface area contributed by atoms with Crippen LogP contribution in [0.4, 0.5) is 11.4 Å². The van der Waals surface area contributed by atoms with E-state index in [4.69, 9.17) is 0 Å². The van der Waals surface area contributed by atoms with Crippen molar-refractivity contribution in [2.75, 3.05) is 9.80 Å². The van der Waals surface area contributed by atoms with Crippen LogP contribution in [0, 0.1) is 44.8 Å². The number of aromatic nitrogens is 1. The van der Waals surface area contributed by atoms with Crippen LogP contribution in [0.25, 0.3) is 22.2 Å². The molecule has 0 spiro atoms. The first-order valence-electron chi connectivity index (χ1n) is 29.7. The minimum absolute atomic E-state index is 0.0177. The van der Waals surface area contributed by atoms with Gasteiger partial charge in [0.2, 0.25) is 0 Å². The van der Waals surface area contributed by atoms with E-state index < -0.39 is 0 Å². The maximum atomic E-state index is 3.03. The van der Waals surface area contributed by atoms with Gasteiger partial charge < -0.3 is 14.4 Å². The molecular weight excluding hydrogens is 894 g/mol. The van der Waals surface area contributed by atoms with Gasteiger partial charge in [-0.15, -0.1) is 0 Å². The molecule has 1 saturated heterocycles. The van der Waals surface area contributed by atoms with Gasteiger partial charge in [-0.25, -0.2) is 0 Å². The second kappa shape index (κ2) is 15.2. The summed E-state index contributed by atoms with van der Waals surface area (Å²) < 4.78 is 2.89. The Morgan fingerprint density at radius 3 is 2.18 bits per heavy atom. The van der Waals surface area contributed by atoms with Crippen molar-refractivity contribution < 1.29 is 0 Å². The van der Waals surface area contributed by atoms with Crippen LogP contribution in [0.2, 0.25) is 0 Å². The third-order valence-corrected chi connectivity index (χ3v) is 22.5. The van der Waals surface area contributed by atoms with Crippen molar-refractivity contribution in [3.8, 4) is 5.69 Å². The first kappa shape index (κ1) is 49.2. The van der Waals surface area contributed by atoms with Gasteiger partial charge >= 0.3 is 0 Å². The molecule has 388 valence electrons. The maximum absolute atomic E-state index is 3.03. The zero-order chi connectivity index (χ0) is 52.6. The highest BCUT2D eigenvalue weighted by atomic mass is 15.3. The fourth-order valence-corrected chi connectivity index (χ4v) is 17.6. The smallest absolute Gasteiger partial charge is 0.251 e. The van der Waals surface area contributed by atoms with Crippen molar-refractivity contribution in [1.82, 2.24) is 4.57 Å². The van der Waals surface area contributed by atoms with E-state index in [1.54, 1.807) is 11.1 Å². The van der Waals surface area contributed by atoms with Crippen LogP contribution < -0.4 is 20.7 Å². The molecule has 13 rings (SSSR count). The number of nitrogens with zero attached hydrogens (tertiary/aromatic N) is 3. The quantitative estimate of drug-likeness (QED) is 0.237. The molecule has 3 nitrogen and oxygen atoms in total. The van der Waals surface area contributed by atoms with Crippen molar-refractivity contribution in [3.63, 3.8) is 0 Å². The lowest BCUT2D eigenvalue weighted by Crippen LogP contribution is -2.58. The van der Waals surface area contributed by atoms with Gasteiger partial charge in [0.15, 0.2) is 0 Å². The van der Waals surface area contributed by atoms with E-state index in [0.29, 0.717) is 17.8 Å². The number of anilines is 2. The minimum Gasteiger partial charge on any atom is -0.358 e. The van der Waals surface area contributed by atoms with Crippen LogP contribution >= 0.6 is 0 Å². The molecule has 4 heteroatoms. The van der Waals surface area contributed by atoms with Crippen molar-refractivity contribution in [2.24, 2.45) is 44.8 Å². The molecule has 2 saturated carbocycles. The van der Waals surface area contributed by atoms with E-state index >= 15 is 0 Å². The molecule has 3 fully saturated rings. The molecule has 0 radical (unpaired) electrons. The Morgan fingerprint density at radius 2 is 1.46 bits per heavy atom. The third kappa shape index (κ3) is 6.44. The van der Waals surface area contributed by atoms with Crippen LogP contribution in [-0.2, 0) is 10.8 Å². The summed E-state index contributed by atoms with van der Waals surface area (Å²) in [6, 6.07) is 11.2. The lowest BCUT2D eigenvalue weighted by Gasteiger charge is -2.53. The highest BCUT2D eigenvalue weighted by Gasteiger charge is 2.64. The summed E-state index contributed by atoms with van der Waals surface area (Å²) in [6.07, 6.45) is 33.4. The number of fused-ring (bicyclic) bond motifs is 13. The molecule has 3 aliphatic heterocycles. The molecule has 4 heterocycles. The number of hydrogen-bond acceptors (Lipinski definition) is 2. The fraction of sp³-hybridized carbons (Fsp3) is 0.571. The summed E-state index contributed by atoms with van der Waals surface area (Å²) in [5, 5.41) is 1.48. The lowest BCUT2D eigenvalue weighted by atomic mass is 9.32. The summed E-state index contributed by atoms with van der Waals surface area (Å²) in [5.74, 6) is 1.35. The maximum Gasteiger partial charge on any atom is 0.251 e. The van der Waals surface area contributed by atoms with Crippen molar-refractivity contribution in [3.05, 3.63) is 129 Å². The minimum atomic E-state index is -0.112. The Kier molecular flexibility index (Phi) is 10.1. The SMILES string of the molecule is CC1=C(N2C3=CC(C(C)(C)C)CC=C3B3c4c2cc(N2C5C=CC(C(C)(C)C)=CC5C5(C)CCCCC25C)cc4-n2c4c(c5cc(C(C)(C)C)cc3c52)C(C)(C)C2=CCCC=C24)CC2C(=C1)C(C)(C)CCC2(C)C. The highest BCUT2D eigenvalue weighted by molar-refractivity contribution is 6.96. The average molecular weight is 984 g/mol. The molecule has 0 bridgehead atoms. The number of benzene rings is 2. The summed E-state index contributed by atoms with van der Waals surface area (Å²) in [5.41, 5.74) is 26.0. The predicted molar refractivity (Wildman–Crippen MR) is 319 cm³/mol. The van der Waals surface area contributed by atoms with Crippen LogP contribution in [0.1, 0.15) is 206 Å². The van der Waals surface area contributed by atoms with E-state index in [1.807, 2.05) is 0 Å². The predicted octanol–water partition coefficient (Wildman–Crippen LogP) is 17.2. The fourth-order valence-electron chi connectivity index (χ4n) is 17.6. The largest absolute Gasteiger partial charge is 0.358 e. The topological polar surface area (TPSA) is 11.4 Å². The molecule has 3 aromatic rings. The zero-order valence-electron chi connectivity index (χ0n) is 49.2. The van der Waals surface area contributed by atoms with Gasteiger partial charge in [0, 0.05) is 56.2 Å². The molecule has 74 heavy (non-hydrogen) atoms. The van der Waals surface area contributed by atoms with Crippen molar-refractivity contribution in [2.45, 2.75) is 211 Å². The van der Waals surface area contributed by atoms with E-state index in [-0.39, 0.29) is 56.2 Å². The van der Waals surface area contributed by atoms with Gasteiger partial charge in [-0.3, -0.25) is 0 Å². The number of hydrogen-bond donors (Lipinski definition) is 0. The highest BCUT2D eigenvalue weighted by Crippen LogP contribution is 2.65. The molecule has 2 aromatic carbocycles. The second-order valence-corrected chi connectivity index (χ2v) is 31.2. The zero-order valence-corrected chi connectivity index (χ0v) is 49.2. The molecule has 6 unspecified atom stereocenters. The van der Waals surface area contributed by atoms with Gasteiger partial charge in [-0.05, 0) is 178 Å². The molecule has 1 aromatic heterocycles. The summed E-state index contributed by atoms with van der Waals surface area (Å²) in [4.78, 5) is 5.97. The summed E-state index contributed by atoms with van der Waals surface area (Å²) in [6.45, 7) is 45.4. The summed E-state index contributed by atoms with van der Waals surface area (Å²) >= 11 is 0. The first-order valence-corrected chi connectivity index (χ1v) is 29.7. The molecule has 10 aliphatic rings. The Morgan fingerprint density at radius 1 is 0.743 bits per heavy atom. The van der Waals surface area contributed by atoms with Crippen LogP contribution in [-0.4, -0.2) is 22.9 Å². The average Bonchev–Trinajstić information content (AvgIpc) is 3.95. The number of rotatable bonds is 2. The molecule has 7 aliphatic carbocycles. The third-order valence-electron chi connectivity index (χ3n) is 22.5. The van der Waals surface area contributed by atoms with Gasteiger partial charge in [0.1, 0.15) is 0 Å². The summed E-state index contributed by atoms with van der Waals surface area (Å²) in [7, 11) is 0. The molecular formula is C70H90BN3. The van der Waals surface area contributed by atoms with Crippen molar-refractivity contribution in [1.29, 1.82) is 0 Å².